The Morgan fingerprint density at radius 1 is 1.26 bits per heavy atom. The predicted molar refractivity (Wildman–Crippen MR) is 96.5 cm³/mol. The smallest absolute Gasteiger partial charge is 0.187 e. The first-order valence-electron chi connectivity index (χ1n) is 8.03. The predicted octanol–water partition coefficient (Wildman–Crippen LogP) is 2.84. The average Bonchev–Trinajstić information content (AvgIpc) is 3.20. The molecule has 0 spiro atoms. The first-order chi connectivity index (χ1) is 13.0. The molecule has 0 bridgehead atoms. The number of fused-ring (bicyclic) bond motifs is 1. The fraction of sp³-hybridized carbons (Fsp3) is 0.176. The number of nitrogens with zero attached hydrogens (tertiary/aromatic N) is 5. The fourth-order valence-corrected chi connectivity index (χ4v) is 3.80. The number of thioether (sulfide) groups is 1. The Kier molecular flexibility index (Phi) is 4.27. The standard InChI is InChI=1S/C17H15F2N7S/c1-9-13-15(20)26(14-10(18)4-3-5-11(14)19)17(22-16(13)24-23-9)27-8-12-21-6-7-25(12)2/h3-7,20H,8H2,1-2H3,(H,23,24). The summed E-state index contributed by atoms with van der Waals surface area (Å²) < 4.78 is 32.0. The number of hydrogen-bond donors (Lipinski definition) is 2. The van der Waals surface area contributed by atoms with Crippen molar-refractivity contribution in [3.8, 4) is 5.69 Å². The Bertz CT molecular complexity index is 1190. The van der Waals surface area contributed by atoms with E-state index in [2.05, 4.69) is 20.2 Å². The monoisotopic (exact) mass is 387 g/mol. The zero-order chi connectivity index (χ0) is 19.1. The van der Waals surface area contributed by atoms with Crippen molar-refractivity contribution in [2.45, 2.75) is 17.8 Å². The summed E-state index contributed by atoms with van der Waals surface area (Å²) in [4.78, 5) is 8.68. The van der Waals surface area contributed by atoms with Crippen LogP contribution in [0.1, 0.15) is 11.5 Å². The molecule has 138 valence electrons. The van der Waals surface area contributed by atoms with Crippen LogP contribution in [-0.2, 0) is 12.8 Å². The molecule has 0 unspecified atom stereocenters. The van der Waals surface area contributed by atoms with Gasteiger partial charge in [0, 0.05) is 25.1 Å². The summed E-state index contributed by atoms with van der Waals surface area (Å²) in [6, 6.07) is 3.60. The van der Waals surface area contributed by atoms with Crippen molar-refractivity contribution in [1.29, 1.82) is 5.41 Å². The molecule has 0 radical (unpaired) electrons. The number of nitrogens with one attached hydrogen (secondary N) is 2. The van der Waals surface area contributed by atoms with Crippen LogP contribution in [0.15, 0.2) is 35.7 Å². The van der Waals surface area contributed by atoms with Gasteiger partial charge in [-0.1, -0.05) is 17.8 Å². The molecule has 0 atom stereocenters. The van der Waals surface area contributed by atoms with Gasteiger partial charge in [-0.2, -0.15) is 5.10 Å². The Labute approximate surface area is 156 Å². The van der Waals surface area contributed by atoms with Crippen LogP contribution >= 0.6 is 11.8 Å². The van der Waals surface area contributed by atoms with Gasteiger partial charge in [0.2, 0.25) is 0 Å². The molecule has 2 N–H and O–H groups in total. The molecule has 0 fully saturated rings. The highest BCUT2D eigenvalue weighted by atomic mass is 32.2. The number of benzene rings is 1. The molecule has 7 nitrogen and oxygen atoms in total. The largest absolute Gasteiger partial charge is 0.337 e. The highest BCUT2D eigenvalue weighted by Gasteiger charge is 2.20. The molecule has 0 aliphatic carbocycles. The summed E-state index contributed by atoms with van der Waals surface area (Å²) >= 11 is 1.23. The van der Waals surface area contributed by atoms with Gasteiger partial charge < -0.3 is 4.57 Å². The number of rotatable bonds is 4. The lowest BCUT2D eigenvalue weighted by molar-refractivity contribution is 0.554. The van der Waals surface area contributed by atoms with Gasteiger partial charge in [0.05, 0.1) is 11.1 Å². The second kappa shape index (κ2) is 6.62. The quantitative estimate of drug-likeness (QED) is 0.416. The lowest BCUT2D eigenvalue weighted by Gasteiger charge is -2.14. The molecular formula is C17H15F2N7S. The second-order valence-electron chi connectivity index (χ2n) is 5.94. The topological polar surface area (TPSA) is 88.2 Å². The van der Waals surface area contributed by atoms with E-state index >= 15 is 0 Å². The Hall–Kier alpha value is -3.01. The van der Waals surface area contributed by atoms with Crippen molar-refractivity contribution in [3.63, 3.8) is 0 Å². The van der Waals surface area contributed by atoms with Gasteiger partial charge in [-0.15, -0.1) is 0 Å². The molecule has 0 amide bonds. The first-order valence-corrected chi connectivity index (χ1v) is 9.01. The van der Waals surface area contributed by atoms with E-state index in [-0.39, 0.29) is 16.3 Å². The van der Waals surface area contributed by atoms with Crippen LogP contribution in [0, 0.1) is 24.0 Å². The molecule has 3 aromatic heterocycles. The SMILES string of the molecule is Cc1[nH]nc2nc(SCc3nccn3C)n(-c3c(F)cccc3F)c(=N)c12. The normalized spacial score (nSPS) is 11.4. The van der Waals surface area contributed by atoms with Gasteiger partial charge in [-0.25, -0.2) is 18.7 Å². The van der Waals surface area contributed by atoms with Crippen molar-refractivity contribution in [1.82, 2.24) is 29.3 Å². The van der Waals surface area contributed by atoms with Crippen LogP contribution in [-0.4, -0.2) is 29.3 Å². The van der Waals surface area contributed by atoms with Crippen LogP contribution in [0.25, 0.3) is 16.7 Å². The number of aromatic nitrogens is 6. The maximum absolute atomic E-state index is 14.5. The molecular weight excluding hydrogens is 372 g/mol. The van der Waals surface area contributed by atoms with Gasteiger partial charge in [-0.05, 0) is 19.1 Å². The van der Waals surface area contributed by atoms with E-state index < -0.39 is 11.6 Å². The maximum Gasteiger partial charge on any atom is 0.187 e. The van der Waals surface area contributed by atoms with E-state index in [0.717, 1.165) is 18.0 Å². The minimum absolute atomic E-state index is 0.0856. The molecule has 27 heavy (non-hydrogen) atoms. The van der Waals surface area contributed by atoms with Crippen LogP contribution in [0.5, 0.6) is 0 Å². The number of imidazole rings is 1. The minimum Gasteiger partial charge on any atom is -0.337 e. The Morgan fingerprint density at radius 2 is 2.00 bits per heavy atom. The molecule has 3 heterocycles. The molecule has 0 saturated heterocycles. The van der Waals surface area contributed by atoms with E-state index in [9.17, 15) is 8.78 Å². The summed E-state index contributed by atoms with van der Waals surface area (Å²) in [7, 11) is 1.86. The van der Waals surface area contributed by atoms with Crippen LogP contribution < -0.4 is 5.49 Å². The number of aromatic amines is 1. The van der Waals surface area contributed by atoms with Gasteiger partial charge >= 0.3 is 0 Å². The summed E-state index contributed by atoms with van der Waals surface area (Å²) in [6.07, 6.45) is 3.48. The van der Waals surface area contributed by atoms with Gasteiger partial charge in [0.15, 0.2) is 10.8 Å². The van der Waals surface area contributed by atoms with Gasteiger partial charge in [-0.3, -0.25) is 15.1 Å². The van der Waals surface area contributed by atoms with Crippen LogP contribution in [0.4, 0.5) is 8.78 Å². The van der Waals surface area contributed by atoms with Gasteiger partial charge in [0.25, 0.3) is 0 Å². The molecule has 4 aromatic rings. The van der Waals surface area contributed by atoms with Crippen molar-refractivity contribution >= 4 is 22.8 Å². The third kappa shape index (κ3) is 2.91. The zero-order valence-electron chi connectivity index (χ0n) is 14.5. The fourth-order valence-electron chi connectivity index (χ4n) is 2.80. The summed E-state index contributed by atoms with van der Waals surface area (Å²) in [5, 5.41) is 16.1. The van der Waals surface area contributed by atoms with Crippen molar-refractivity contribution in [2.75, 3.05) is 0 Å². The van der Waals surface area contributed by atoms with E-state index in [1.165, 1.54) is 22.4 Å². The van der Waals surface area contributed by atoms with Crippen LogP contribution in [0.3, 0.4) is 0 Å². The Balaban J connectivity index is 1.94. The maximum atomic E-state index is 14.5. The zero-order valence-corrected chi connectivity index (χ0v) is 15.3. The van der Waals surface area contributed by atoms with Crippen molar-refractivity contribution in [3.05, 3.63) is 59.2 Å². The van der Waals surface area contributed by atoms with E-state index in [1.54, 1.807) is 13.1 Å². The number of hydrogen-bond acceptors (Lipinski definition) is 5. The average molecular weight is 387 g/mol. The van der Waals surface area contributed by atoms with Crippen LogP contribution in [0.2, 0.25) is 0 Å². The molecule has 1 aromatic carbocycles. The minimum atomic E-state index is -0.769. The first kappa shape index (κ1) is 17.4. The van der Waals surface area contributed by atoms with Gasteiger partial charge in [0.1, 0.15) is 28.6 Å². The number of H-pyrrole nitrogens is 1. The highest BCUT2D eigenvalue weighted by molar-refractivity contribution is 7.98. The Morgan fingerprint density at radius 3 is 2.67 bits per heavy atom. The molecule has 0 aliphatic heterocycles. The van der Waals surface area contributed by atoms with E-state index in [1.807, 2.05) is 17.8 Å². The lowest BCUT2D eigenvalue weighted by Crippen LogP contribution is -2.24. The third-order valence-electron chi connectivity index (χ3n) is 4.19. The van der Waals surface area contributed by atoms with E-state index in [0.29, 0.717) is 22.5 Å². The molecule has 4 rings (SSSR count). The van der Waals surface area contributed by atoms with Crippen molar-refractivity contribution in [2.24, 2.45) is 7.05 Å². The van der Waals surface area contributed by atoms with Crippen molar-refractivity contribution < 1.29 is 8.78 Å². The lowest BCUT2D eigenvalue weighted by atomic mass is 10.2. The molecule has 10 heteroatoms. The highest BCUT2D eigenvalue weighted by Crippen LogP contribution is 2.26. The van der Waals surface area contributed by atoms with E-state index in [4.69, 9.17) is 5.41 Å². The number of halogens is 2. The third-order valence-corrected chi connectivity index (χ3v) is 5.13. The number of aryl methyl sites for hydroxylation is 2. The summed E-state index contributed by atoms with van der Waals surface area (Å²) in [5.74, 6) is -0.350. The molecule has 0 aliphatic rings. The number of para-hydroxylation sites is 1. The molecule has 0 saturated carbocycles. The second-order valence-corrected chi connectivity index (χ2v) is 6.88. The summed E-state index contributed by atoms with van der Waals surface area (Å²) in [6.45, 7) is 1.73. The summed E-state index contributed by atoms with van der Waals surface area (Å²) in [5.41, 5.74) is 0.513.